The van der Waals surface area contributed by atoms with E-state index in [1.54, 1.807) is 0 Å². The molecule has 2 rings (SSSR count). The van der Waals surface area contributed by atoms with Gasteiger partial charge in [0.1, 0.15) is 5.69 Å². The average Bonchev–Trinajstić information content (AvgIpc) is 2.48. The Morgan fingerprint density at radius 3 is 2.62 bits per heavy atom. The molecule has 21 heavy (non-hydrogen) atoms. The maximum atomic E-state index is 11.5. The summed E-state index contributed by atoms with van der Waals surface area (Å²) in [5, 5.41) is 23.7. The van der Waals surface area contributed by atoms with Crippen LogP contribution >= 0.6 is 0 Å². The van der Waals surface area contributed by atoms with Crippen molar-refractivity contribution in [3.8, 4) is 0 Å². The minimum absolute atomic E-state index is 0.0556. The largest absolute Gasteiger partial charge is 0.465 e. The van der Waals surface area contributed by atoms with Crippen molar-refractivity contribution in [3.05, 3.63) is 33.9 Å². The van der Waals surface area contributed by atoms with Crippen LogP contribution in [0.15, 0.2) is 18.2 Å². The fraction of sp³-hybridized carbons (Fsp3) is 0.500. The van der Waals surface area contributed by atoms with Crippen molar-refractivity contribution in [2.45, 2.75) is 37.8 Å². The first-order valence-electron chi connectivity index (χ1n) is 6.82. The first kappa shape index (κ1) is 15.2. The number of hydrogen-bond donors (Lipinski definition) is 2. The standard InChI is InChI=1S/C14H18N2O5/c1-21-14(18)9-2-7-13(16(19)20)12(8-9)15-10-3-5-11(17)6-4-10/h2,7-8,10-11,15,17H,3-6H2,1H3. The van der Waals surface area contributed by atoms with Crippen molar-refractivity contribution in [1.82, 2.24) is 0 Å². The number of carbonyl (C=O) groups is 1. The summed E-state index contributed by atoms with van der Waals surface area (Å²) in [6, 6.07) is 4.17. The highest BCUT2D eigenvalue weighted by atomic mass is 16.6. The number of carbonyl (C=O) groups excluding carboxylic acids is 1. The van der Waals surface area contributed by atoms with Gasteiger partial charge in [0, 0.05) is 12.1 Å². The van der Waals surface area contributed by atoms with Gasteiger partial charge in [-0.3, -0.25) is 10.1 Å². The van der Waals surface area contributed by atoms with Crippen LogP contribution in [-0.2, 0) is 4.74 Å². The summed E-state index contributed by atoms with van der Waals surface area (Å²) in [7, 11) is 1.26. The van der Waals surface area contributed by atoms with E-state index in [2.05, 4.69) is 10.1 Å². The predicted molar refractivity (Wildman–Crippen MR) is 76.3 cm³/mol. The number of nitro groups is 1. The molecule has 0 radical (unpaired) electrons. The Morgan fingerprint density at radius 1 is 1.38 bits per heavy atom. The van der Waals surface area contributed by atoms with E-state index in [0.717, 1.165) is 12.8 Å². The summed E-state index contributed by atoms with van der Waals surface area (Å²) in [6.45, 7) is 0. The van der Waals surface area contributed by atoms with Gasteiger partial charge in [-0.05, 0) is 37.8 Å². The molecule has 0 unspecified atom stereocenters. The van der Waals surface area contributed by atoms with E-state index < -0.39 is 10.9 Å². The zero-order valence-corrected chi connectivity index (χ0v) is 11.7. The quantitative estimate of drug-likeness (QED) is 0.501. The van der Waals surface area contributed by atoms with Gasteiger partial charge in [0.05, 0.1) is 23.7 Å². The molecule has 7 nitrogen and oxygen atoms in total. The van der Waals surface area contributed by atoms with Crippen LogP contribution in [0.25, 0.3) is 0 Å². The molecular formula is C14H18N2O5. The van der Waals surface area contributed by atoms with Crippen LogP contribution in [0.3, 0.4) is 0 Å². The number of benzene rings is 1. The van der Waals surface area contributed by atoms with E-state index in [1.807, 2.05) is 0 Å². The van der Waals surface area contributed by atoms with E-state index in [4.69, 9.17) is 0 Å². The van der Waals surface area contributed by atoms with Gasteiger partial charge in [0.15, 0.2) is 0 Å². The zero-order chi connectivity index (χ0) is 15.4. The Kier molecular flexibility index (Phi) is 4.74. The summed E-state index contributed by atoms with van der Waals surface area (Å²) in [5.41, 5.74) is 0.500. The van der Waals surface area contributed by atoms with Crippen LogP contribution in [0.5, 0.6) is 0 Å². The van der Waals surface area contributed by atoms with Gasteiger partial charge in [-0.15, -0.1) is 0 Å². The number of nitrogens with one attached hydrogen (secondary N) is 1. The number of esters is 1. The average molecular weight is 294 g/mol. The van der Waals surface area contributed by atoms with Gasteiger partial charge in [-0.1, -0.05) is 0 Å². The smallest absolute Gasteiger partial charge is 0.337 e. The monoisotopic (exact) mass is 294 g/mol. The lowest BCUT2D eigenvalue weighted by Gasteiger charge is -2.27. The highest BCUT2D eigenvalue weighted by molar-refractivity contribution is 5.91. The molecular weight excluding hydrogens is 276 g/mol. The Morgan fingerprint density at radius 2 is 2.05 bits per heavy atom. The third-order valence-corrected chi connectivity index (χ3v) is 3.67. The molecule has 0 atom stereocenters. The minimum Gasteiger partial charge on any atom is -0.465 e. The number of nitrogens with zero attached hydrogens (tertiary/aromatic N) is 1. The Bertz CT molecular complexity index is 538. The van der Waals surface area contributed by atoms with Crippen molar-refractivity contribution >= 4 is 17.3 Å². The molecule has 1 fully saturated rings. The second kappa shape index (κ2) is 6.53. The fourth-order valence-electron chi connectivity index (χ4n) is 2.50. The molecule has 0 bridgehead atoms. The molecule has 1 aromatic carbocycles. The predicted octanol–water partition coefficient (Wildman–Crippen LogP) is 2.10. The van der Waals surface area contributed by atoms with Gasteiger partial charge in [-0.2, -0.15) is 0 Å². The highest BCUT2D eigenvalue weighted by Crippen LogP contribution is 2.29. The molecule has 2 N–H and O–H groups in total. The Labute approximate surface area is 122 Å². The van der Waals surface area contributed by atoms with Gasteiger partial charge in [0.25, 0.3) is 5.69 Å². The first-order chi connectivity index (χ1) is 10.0. The Hall–Kier alpha value is -2.15. The van der Waals surface area contributed by atoms with E-state index in [-0.39, 0.29) is 23.4 Å². The molecule has 0 amide bonds. The molecule has 0 aromatic heterocycles. The van der Waals surface area contributed by atoms with Crippen molar-refractivity contribution < 1.29 is 19.6 Å². The highest BCUT2D eigenvalue weighted by Gasteiger charge is 2.23. The van der Waals surface area contributed by atoms with Gasteiger partial charge < -0.3 is 15.2 Å². The van der Waals surface area contributed by atoms with Crippen molar-refractivity contribution in [3.63, 3.8) is 0 Å². The molecule has 0 heterocycles. The number of anilines is 1. The molecule has 114 valence electrons. The molecule has 1 aliphatic rings. The molecule has 0 spiro atoms. The summed E-state index contributed by atoms with van der Waals surface area (Å²) < 4.78 is 4.63. The maximum Gasteiger partial charge on any atom is 0.337 e. The second-order valence-electron chi connectivity index (χ2n) is 5.13. The van der Waals surface area contributed by atoms with Gasteiger partial charge in [0.2, 0.25) is 0 Å². The van der Waals surface area contributed by atoms with Gasteiger partial charge in [-0.25, -0.2) is 4.79 Å². The first-order valence-corrected chi connectivity index (χ1v) is 6.82. The topological polar surface area (TPSA) is 102 Å². The van der Waals surface area contributed by atoms with Crippen molar-refractivity contribution in [2.75, 3.05) is 12.4 Å². The van der Waals surface area contributed by atoms with E-state index in [1.165, 1.54) is 25.3 Å². The minimum atomic E-state index is -0.535. The molecule has 0 saturated heterocycles. The molecule has 0 aliphatic heterocycles. The van der Waals surface area contributed by atoms with Crippen LogP contribution in [0, 0.1) is 10.1 Å². The maximum absolute atomic E-state index is 11.5. The summed E-state index contributed by atoms with van der Waals surface area (Å²) in [5.74, 6) is -0.535. The lowest BCUT2D eigenvalue weighted by molar-refractivity contribution is -0.384. The molecule has 1 aliphatic carbocycles. The molecule has 7 heteroatoms. The number of nitro benzene ring substituents is 1. The number of aliphatic hydroxyl groups is 1. The summed E-state index contributed by atoms with van der Waals surface area (Å²) in [4.78, 5) is 22.1. The Balaban J connectivity index is 2.22. The zero-order valence-electron chi connectivity index (χ0n) is 11.7. The number of hydrogen-bond acceptors (Lipinski definition) is 6. The molecule has 1 aromatic rings. The molecule has 1 saturated carbocycles. The normalized spacial score (nSPS) is 21.6. The van der Waals surface area contributed by atoms with Crippen LogP contribution in [0.2, 0.25) is 0 Å². The number of ether oxygens (including phenoxy) is 1. The second-order valence-corrected chi connectivity index (χ2v) is 5.13. The van der Waals surface area contributed by atoms with Crippen LogP contribution in [0.4, 0.5) is 11.4 Å². The summed E-state index contributed by atoms with van der Waals surface area (Å²) >= 11 is 0. The fourth-order valence-corrected chi connectivity index (χ4v) is 2.50. The van der Waals surface area contributed by atoms with Crippen LogP contribution < -0.4 is 5.32 Å². The SMILES string of the molecule is COC(=O)c1ccc([N+](=O)[O-])c(NC2CCC(O)CC2)c1. The van der Waals surface area contributed by atoms with Crippen molar-refractivity contribution in [1.29, 1.82) is 0 Å². The lowest BCUT2D eigenvalue weighted by Crippen LogP contribution is -2.28. The number of rotatable bonds is 4. The van der Waals surface area contributed by atoms with E-state index in [9.17, 15) is 20.0 Å². The van der Waals surface area contributed by atoms with E-state index in [0.29, 0.717) is 18.5 Å². The third-order valence-electron chi connectivity index (χ3n) is 3.67. The van der Waals surface area contributed by atoms with E-state index >= 15 is 0 Å². The van der Waals surface area contributed by atoms with Gasteiger partial charge >= 0.3 is 5.97 Å². The third kappa shape index (κ3) is 3.69. The van der Waals surface area contributed by atoms with Crippen molar-refractivity contribution in [2.24, 2.45) is 0 Å². The summed E-state index contributed by atoms with van der Waals surface area (Å²) in [6.07, 6.45) is 2.52. The van der Waals surface area contributed by atoms with Crippen LogP contribution in [0.1, 0.15) is 36.0 Å². The number of aliphatic hydroxyl groups excluding tert-OH is 1. The number of methoxy groups -OCH3 is 1. The lowest BCUT2D eigenvalue weighted by atomic mass is 9.93. The van der Waals surface area contributed by atoms with Crippen LogP contribution in [-0.4, -0.2) is 35.3 Å².